The number of nitrogens with one attached hydrogen (secondary N) is 1. The number of carbonyl (C=O) groups excluding carboxylic acids is 1. The molecule has 3 rings (SSSR count). The molecular weight excluding hydrogens is 344 g/mol. The lowest BCUT2D eigenvalue weighted by Gasteiger charge is -2.32. The number of nitrogens with zero attached hydrogens (tertiary/aromatic N) is 4. The Balaban J connectivity index is 1.69. The lowest BCUT2D eigenvalue weighted by molar-refractivity contribution is -0.149. The summed E-state index contributed by atoms with van der Waals surface area (Å²) in [6, 6.07) is 1.59. The minimum absolute atomic E-state index is 0.0837. The van der Waals surface area contributed by atoms with E-state index in [1.807, 2.05) is 0 Å². The van der Waals surface area contributed by atoms with Crippen molar-refractivity contribution in [1.82, 2.24) is 19.9 Å². The van der Waals surface area contributed by atoms with Gasteiger partial charge in [0.15, 0.2) is 5.82 Å². The fraction of sp³-hybridized carbons (Fsp3) is 0.429. The summed E-state index contributed by atoms with van der Waals surface area (Å²) in [6.07, 6.45) is -0.372. The number of morpholine rings is 1. The van der Waals surface area contributed by atoms with Crippen LogP contribution in [0, 0.1) is 0 Å². The molecule has 1 aliphatic rings. The molecule has 0 saturated carbocycles. The number of amides is 1. The van der Waals surface area contributed by atoms with Gasteiger partial charge in [0.25, 0.3) is 5.91 Å². The van der Waals surface area contributed by atoms with Gasteiger partial charge in [0.2, 0.25) is 0 Å². The lowest BCUT2D eigenvalue weighted by Crippen LogP contribution is -2.49. The van der Waals surface area contributed by atoms with Crippen molar-refractivity contribution in [3.63, 3.8) is 0 Å². The zero-order valence-electron chi connectivity index (χ0n) is 12.5. The van der Waals surface area contributed by atoms with Crippen LogP contribution in [0.1, 0.15) is 0 Å². The molecule has 2 aromatic heterocycles. The van der Waals surface area contributed by atoms with Crippen molar-refractivity contribution in [2.75, 3.05) is 31.6 Å². The zero-order chi connectivity index (χ0) is 17.1. The molecule has 0 aliphatic carbocycles. The molecule has 1 N–H and O–H groups in total. The molecule has 0 bridgehead atoms. The Morgan fingerprint density at radius 3 is 3.04 bits per heavy atom. The number of aromatic nitrogens is 3. The van der Waals surface area contributed by atoms with Crippen LogP contribution in [0.3, 0.4) is 0 Å². The van der Waals surface area contributed by atoms with Crippen molar-refractivity contribution in [3.05, 3.63) is 23.6 Å². The number of halogens is 3. The second-order valence-electron chi connectivity index (χ2n) is 5.18. The second-order valence-corrected chi connectivity index (χ2v) is 5.56. The molecule has 1 aliphatic heterocycles. The first-order valence-corrected chi connectivity index (χ1v) is 7.62. The van der Waals surface area contributed by atoms with Crippen molar-refractivity contribution in [2.24, 2.45) is 0 Å². The third-order valence-corrected chi connectivity index (χ3v) is 3.75. The highest BCUT2D eigenvalue weighted by atomic mass is 35.5. The molecular formula is C14H14ClF2N5O2. The van der Waals surface area contributed by atoms with E-state index >= 15 is 0 Å². The highest BCUT2D eigenvalue weighted by Gasteiger charge is 2.29. The van der Waals surface area contributed by atoms with Crippen LogP contribution in [0.15, 0.2) is 18.5 Å². The number of ether oxygens (including phenoxy) is 1. The lowest BCUT2D eigenvalue weighted by atomic mass is 10.2. The molecule has 1 fully saturated rings. The van der Waals surface area contributed by atoms with E-state index in [9.17, 15) is 13.6 Å². The van der Waals surface area contributed by atoms with E-state index in [0.29, 0.717) is 16.9 Å². The van der Waals surface area contributed by atoms with Crippen molar-refractivity contribution in [2.45, 2.75) is 12.5 Å². The van der Waals surface area contributed by atoms with Gasteiger partial charge in [0.05, 0.1) is 18.2 Å². The van der Waals surface area contributed by atoms with E-state index in [2.05, 4.69) is 20.3 Å². The molecule has 0 aromatic carbocycles. The third-order valence-electron chi connectivity index (χ3n) is 3.56. The van der Waals surface area contributed by atoms with Gasteiger partial charge < -0.3 is 15.0 Å². The highest BCUT2D eigenvalue weighted by molar-refractivity contribution is 6.30. The van der Waals surface area contributed by atoms with Gasteiger partial charge in [-0.25, -0.2) is 9.97 Å². The summed E-state index contributed by atoms with van der Waals surface area (Å²) >= 11 is 5.96. The number of alkyl halides is 2. The van der Waals surface area contributed by atoms with Crippen LogP contribution in [-0.2, 0) is 9.53 Å². The van der Waals surface area contributed by atoms with Gasteiger partial charge >= 0.3 is 6.43 Å². The molecule has 0 spiro atoms. The average Bonchev–Trinajstić information content (AvgIpc) is 2.59. The number of rotatable bonds is 4. The van der Waals surface area contributed by atoms with Crippen LogP contribution in [-0.4, -0.2) is 64.5 Å². The van der Waals surface area contributed by atoms with Crippen LogP contribution in [0.2, 0.25) is 5.15 Å². The zero-order valence-corrected chi connectivity index (χ0v) is 13.2. The topological polar surface area (TPSA) is 80.2 Å². The largest absolute Gasteiger partial charge is 0.373 e. The Morgan fingerprint density at radius 2 is 2.25 bits per heavy atom. The fourth-order valence-electron chi connectivity index (χ4n) is 2.46. The molecule has 24 heavy (non-hydrogen) atoms. The Kier molecular flexibility index (Phi) is 5.00. The number of hydrogen-bond acceptors (Lipinski definition) is 6. The molecule has 0 radical (unpaired) electrons. The van der Waals surface area contributed by atoms with Crippen molar-refractivity contribution in [1.29, 1.82) is 0 Å². The van der Waals surface area contributed by atoms with Crippen molar-refractivity contribution in [3.8, 4) is 0 Å². The van der Waals surface area contributed by atoms with Gasteiger partial charge in [-0.3, -0.25) is 9.78 Å². The summed E-state index contributed by atoms with van der Waals surface area (Å²) in [5.41, 5.74) is 1.12. The Labute approximate surface area is 141 Å². The average molecular weight is 358 g/mol. The number of pyridine rings is 1. The van der Waals surface area contributed by atoms with Crippen molar-refractivity contribution >= 4 is 34.4 Å². The standard InChI is InChI=1S/C14H14ClF2N5O2/c15-10-5-9-11(19-2-1-18-9)13(21-10)20-6-8-7-22(3-4-24-8)14(23)12(16)17/h1-2,5,8,12H,3-4,6-7H2,(H,20,21)/t8-/m0/s1. The maximum absolute atomic E-state index is 12.5. The SMILES string of the molecule is O=C(C(F)F)N1CCO[C@@H](CNc2nc(Cl)cc3nccnc23)C1. The van der Waals surface area contributed by atoms with E-state index in [0.717, 1.165) is 4.90 Å². The van der Waals surface area contributed by atoms with Gasteiger partial charge in [-0.15, -0.1) is 0 Å². The molecule has 1 amide bonds. The molecule has 1 atom stereocenters. The second kappa shape index (κ2) is 7.18. The van der Waals surface area contributed by atoms with Crippen LogP contribution < -0.4 is 5.32 Å². The summed E-state index contributed by atoms with van der Waals surface area (Å²) < 4.78 is 30.5. The molecule has 1 saturated heterocycles. The normalized spacial score (nSPS) is 18.2. The van der Waals surface area contributed by atoms with Crippen LogP contribution in [0.25, 0.3) is 11.0 Å². The maximum atomic E-state index is 12.5. The summed E-state index contributed by atoms with van der Waals surface area (Å²) in [5, 5.41) is 3.29. The van der Waals surface area contributed by atoms with Gasteiger partial charge in [0.1, 0.15) is 10.7 Å². The number of carbonyl (C=O) groups is 1. The van der Waals surface area contributed by atoms with Gasteiger partial charge in [-0.1, -0.05) is 11.6 Å². The number of anilines is 1. The van der Waals surface area contributed by atoms with E-state index in [-0.39, 0.29) is 31.4 Å². The number of hydrogen-bond donors (Lipinski definition) is 1. The Morgan fingerprint density at radius 1 is 1.46 bits per heavy atom. The first-order valence-electron chi connectivity index (χ1n) is 7.24. The minimum Gasteiger partial charge on any atom is -0.373 e. The van der Waals surface area contributed by atoms with Crippen LogP contribution in [0.4, 0.5) is 14.6 Å². The smallest absolute Gasteiger partial charge is 0.315 e. The highest BCUT2D eigenvalue weighted by Crippen LogP contribution is 2.21. The predicted octanol–water partition coefficient (Wildman–Crippen LogP) is 1.58. The first kappa shape index (κ1) is 16.7. The Bertz CT molecular complexity index is 748. The molecule has 0 unspecified atom stereocenters. The summed E-state index contributed by atoms with van der Waals surface area (Å²) in [5.74, 6) is -0.757. The van der Waals surface area contributed by atoms with E-state index < -0.39 is 18.4 Å². The van der Waals surface area contributed by atoms with Gasteiger partial charge in [-0.2, -0.15) is 8.78 Å². The van der Waals surface area contributed by atoms with Crippen LogP contribution in [0.5, 0.6) is 0 Å². The first-order chi connectivity index (χ1) is 11.5. The molecule has 128 valence electrons. The maximum Gasteiger partial charge on any atom is 0.315 e. The minimum atomic E-state index is -3.01. The van der Waals surface area contributed by atoms with E-state index in [1.54, 1.807) is 12.3 Å². The van der Waals surface area contributed by atoms with Crippen molar-refractivity contribution < 1.29 is 18.3 Å². The Hall–Kier alpha value is -2.13. The molecule has 3 heterocycles. The van der Waals surface area contributed by atoms with Gasteiger partial charge in [0, 0.05) is 38.1 Å². The summed E-state index contributed by atoms with van der Waals surface area (Å²) in [7, 11) is 0. The van der Waals surface area contributed by atoms with Gasteiger partial charge in [-0.05, 0) is 0 Å². The summed E-state index contributed by atoms with van der Waals surface area (Å²) in [4.78, 5) is 25.0. The monoisotopic (exact) mass is 357 g/mol. The quantitative estimate of drug-likeness (QED) is 0.837. The molecule has 10 heteroatoms. The number of fused-ring (bicyclic) bond motifs is 1. The summed E-state index contributed by atoms with van der Waals surface area (Å²) in [6.45, 7) is 0.713. The van der Waals surface area contributed by atoms with Crippen LogP contribution >= 0.6 is 11.6 Å². The van der Waals surface area contributed by atoms with E-state index in [4.69, 9.17) is 16.3 Å². The fourth-order valence-corrected chi connectivity index (χ4v) is 2.64. The molecule has 7 nitrogen and oxygen atoms in total. The van der Waals surface area contributed by atoms with E-state index in [1.165, 1.54) is 6.20 Å². The predicted molar refractivity (Wildman–Crippen MR) is 83.2 cm³/mol. The molecule has 2 aromatic rings. The third kappa shape index (κ3) is 3.68.